The molecule has 0 spiro atoms. The van der Waals surface area contributed by atoms with Gasteiger partial charge >= 0.3 is 0 Å². The number of ether oxygens (including phenoxy) is 1. The topological polar surface area (TPSA) is 41.8 Å². The molecule has 0 fully saturated rings. The molecule has 0 aliphatic heterocycles. The first kappa shape index (κ1) is 15.8. The van der Waals surface area contributed by atoms with Crippen molar-refractivity contribution in [2.45, 2.75) is 0 Å². The number of hydrogen-bond donors (Lipinski definition) is 1. The van der Waals surface area contributed by atoms with Gasteiger partial charge in [0.25, 0.3) is 0 Å². The molecule has 0 saturated heterocycles. The highest BCUT2D eigenvalue weighted by atomic mass is 127. The van der Waals surface area contributed by atoms with Gasteiger partial charge in [-0.25, -0.2) is 0 Å². The van der Waals surface area contributed by atoms with Crippen LogP contribution in [-0.2, 0) is 0 Å². The lowest BCUT2D eigenvalue weighted by Crippen LogP contribution is -1.91. The normalized spacial score (nSPS) is 11.0. The smallest absolute Gasteiger partial charge is 0.167 e. The summed E-state index contributed by atoms with van der Waals surface area (Å²) in [4.78, 5) is 4.36. The highest BCUT2D eigenvalue weighted by Gasteiger charge is 2.14. The number of nitrogens with zero attached hydrogens (tertiary/aromatic N) is 1. The fraction of sp³-hybridized carbons (Fsp3) is 0.0714. The van der Waals surface area contributed by atoms with Crippen LogP contribution in [0.4, 0.5) is 5.69 Å². The molecule has 0 aliphatic rings. The standard InChI is InChI=1S/C14H10Br2INO2/c1-20-12-6-11(15)13(16)10(14(12)19)7-18-9-4-2-8(17)3-5-9/h2-7,19H,1H3. The molecule has 0 heterocycles. The van der Waals surface area contributed by atoms with Gasteiger partial charge in [0.15, 0.2) is 11.5 Å². The van der Waals surface area contributed by atoms with Crippen molar-refractivity contribution in [3.8, 4) is 11.5 Å². The lowest BCUT2D eigenvalue weighted by molar-refractivity contribution is 0.372. The third kappa shape index (κ3) is 3.53. The van der Waals surface area contributed by atoms with E-state index in [1.165, 1.54) is 7.11 Å². The van der Waals surface area contributed by atoms with Crippen molar-refractivity contribution in [2.24, 2.45) is 4.99 Å². The van der Waals surface area contributed by atoms with Crippen LogP contribution in [0.2, 0.25) is 0 Å². The number of hydrogen-bond acceptors (Lipinski definition) is 3. The van der Waals surface area contributed by atoms with Crippen LogP contribution >= 0.6 is 54.5 Å². The largest absolute Gasteiger partial charge is 0.504 e. The Balaban J connectivity index is 2.42. The Bertz CT molecular complexity index is 657. The number of benzene rings is 2. The van der Waals surface area contributed by atoms with E-state index in [1.54, 1.807) is 12.3 Å². The zero-order valence-electron chi connectivity index (χ0n) is 10.4. The number of rotatable bonds is 3. The maximum atomic E-state index is 10.1. The van der Waals surface area contributed by atoms with Gasteiger partial charge in [0.1, 0.15) is 0 Å². The Hall–Kier alpha value is -0.600. The average Bonchev–Trinajstić information content (AvgIpc) is 2.44. The van der Waals surface area contributed by atoms with E-state index in [1.807, 2.05) is 24.3 Å². The van der Waals surface area contributed by atoms with Crippen LogP contribution in [0.1, 0.15) is 5.56 Å². The Labute approximate surface area is 147 Å². The van der Waals surface area contributed by atoms with E-state index in [2.05, 4.69) is 59.4 Å². The maximum Gasteiger partial charge on any atom is 0.167 e. The van der Waals surface area contributed by atoms with Crippen LogP contribution < -0.4 is 4.74 Å². The van der Waals surface area contributed by atoms with Gasteiger partial charge in [-0.15, -0.1) is 0 Å². The third-order valence-electron chi connectivity index (χ3n) is 2.58. The first-order chi connectivity index (χ1) is 9.52. The predicted molar refractivity (Wildman–Crippen MR) is 96.5 cm³/mol. The van der Waals surface area contributed by atoms with Crippen LogP contribution in [0.3, 0.4) is 0 Å². The van der Waals surface area contributed by atoms with Crippen molar-refractivity contribution >= 4 is 66.4 Å². The average molecular weight is 511 g/mol. The molecule has 0 unspecified atom stereocenters. The highest BCUT2D eigenvalue weighted by molar-refractivity contribution is 14.1. The Morgan fingerprint density at radius 3 is 2.50 bits per heavy atom. The SMILES string of the molecule is COc1cc(Br)c(Br)c(C=Nc2ccc(I)cc2)c1O. The third-order valence-corrected chi connectivity index (χ3v) is 5.31. The van der Waals surface area contributed by atoms with Crippen molar-refractivity contribution in [3.63, 3.8) is 0 Å². The van der Waals surface area contributed by atoms with Crippen LogP contribution in [0.25, 0.3) is 0 Å². The molecule has 2 rings (SSSR count). The molecule has 1 N–H and O–H groups in total. The molecule has 3 nitrogen and oxygen atoms in total. The molecule has 2 aromatic rings. The van der Waals surface area contributed by atoms with E-state index in [4.69, 9.17) is 4.74 Å². The minimum atomic E-state index is 0.0526. The second kappa shape index (κ2) is 6.91. The van der Waals surface area contributed by atoms with Gasteiger partial charge in [0.2, 0.25) is 0 Å². The van der Waals surface area contributed by atoms with Crippen LogP contribution in [0.15, 0.2) is 44.3 Å². The van der Waals surface area contributed by atoms with Crippen LogP contribution in [-0.4, -0.2) is 18.4 Å². The number of methoxy groups -OCH3 is 1. The molecule has 0 amide bonds. The van der Waals surface area contributed by atoms with Gasteiger partial charge in [-0.1, -0.05) is 0 Å². The van der Waals surface area contributed by atoms with Crippen molar-refractivity contribution in [3.05, 3.63) is 48.4 Å². The van der Waals surface area contributed by atoms with Gasteiger partial charge in [0, 0.05) is 18.7 Å². The van der Waals surface area contributed by atoms with Crippen molar-refractivity contribution in [1.82, 2.24) is 0 Å². The summed E-state index contributed by atoms with van der Waals surface area (Å²) in [6.45, 7) is 0. The van der Waals surface area contributed by atoms with Gasteiger partial charge in [-0.3, -0.25) is 4.99 Å². The zero-order valence-corrected chi connectivity index (χ0v) is 15.7. The number of phenols is 1. The Morgan fingerprint density at radius 1 is 1.25 bits per heavy atom. The molecule has 0 radical (unpaired) electrons. The summed E-state index contributed by atoms with van der Waals surface area (Å²) >= 11 is 9.07. The van der Waals surface area contributed by atoms with Crippen molar-refractivity contribution in [1.29, 1.82) is 0 Å². The summed E-state index contributed by atoms with van der Waals surface area (Å²) in [6, 6.07) is 9.48. The highest BCUT2D eigenvalue weighted by Crippen LogP contribution is 2.39. The van der Waals surface area contributed by atoms with E-state index in [9.17, 15) is 5.11 Å². The van der Waals surface area contributed by atoms with Gasteiger partial charge in [0.05, 0.1) is 18.4 Å². The summed E-state index contributed by atoms with van der Waals surface area (Å²) in [5.74, 6) is 0.445. The fourth-order valence-corrected chi connectivity index (χ4v) is 2.74. The second-order valence-electron chi connectivity index (χ2n) is 3.87. The van der Waals surface area contributed by atoms with Gasteiger partial charge in [-0.05, 0) is 84.8 Å². The minimum Gasteiger partial charge on any atom is -0.504 e. The van der Waals surface area contributed by atoms with Gasteiger partial charge in [-0.2, -0.15) is 0 Å². The molecule has 104 valence electrons. The fourth-order valence-electron chi connectivity index (χ4n) is 1.55. The Morgan fingerprint density at radius 2 is 1.90 bits per heavy atom. The van der Waals surface area contributed by atoms with E-state index < -0.39 is 0 Å². The maximum absolute atomic E-state index is 10.1. The van der Waals surface area contributed by atoms with Crippen LogP contribution in [0.5, 0.6) is 11.5 Å². The van der Waals surface area contributed by atoms with Crippen molar-refractivity contribution in [2.75, 3.05) is 7.11 Å². The Kier molecular flexibility index (Phi) is 5.45. The number of phenolic OH excluding ortho intramolecular Hbond substituents is 1. The summed E-state index contributed by atoms with van der Waals surface area (Å²) in [5.41, 5.74) is 1.38. The number of aromatic hydroxyl groups is 1. The summed E-state index contributed by atoms with van der Waals surface area (Å²) in [6.07, 6.45) is 1.61. The molecular formula is C14H10Br2INO2. The monoisotopic (exact) mass is 509 g/mol. The number of halogens is 3. The van der Waals surface area contributed by atoms with Gasteiger partial charge < -0.3 is 9.84 Å². The minimum absolute atomic E-state index is 0.0526. The van der Waals surface area contributed by atoms with E-state index >= 15 is 0 Å². The van der Waals surface area contributed by atoms with E-state index in [0.717, 1.165) is 18.2 Å². The first-order valence-electron chi connectivity index (χ1n) is 5.57. The molecule has 0 saturated carbocycles. The number of aliphatic imine (C=N–C) groups is 1. The molecule has 20 heavy (non-hydrogen) atoms. The summed E-state index contributed by atoms with van der Waals surface area (Å²) in [5, 5.41) is 10.1. The first-order valence-corrected chi connectivity index (χ1v) is 8.24. The quantitative estimate of drug-likeness (QED) is 0.451. The molecule has 0 aromatic heterocycles. The molecule has 0 aliphatic carbocycles. The van der Waals surface area contributed by atoms with Crippen LogP contribution in [0, 0.1) is 3.57 Å². The lowest BCUT2D eigenvalue weighted by atomic mass is 10.2. The molecule has 0 bridgehead atoms. The van der Waals surface area contributed by atoms with E-state index in [-0.39, 0.29) is 5.75 Å². The summed E-state index contributed by atoms with van der Waals surface area (Å²) in [7, 11) is 1.51. The molecule has 2 aromatic carbocycles. The van der Waals surface area contributed by atoms with Crippen molar-refractivity contribution < 1.29 is 9.84 Å². The molecule has 6 heteroatoms. The predicted octanol–water partition coefficient (Wildman–Crippen LogP) is 5.28. The zero-order chi connectivity index (χ0) is 14.7. The lowest BCUT2D eigenvalue weighted by Gasteiger charge is -2.09. The van der Waals surface area contributed by atoms with E-state index in [0.29, 0.717) is 11.3 Å². The molecule has 0 atom stereocenters. The summed E-state index contributed by atoms with van der Waals surface area (Å²) < 4.78 is 7.79. The second-order valence-corrected chi connectivity index (χ2v) is 6.76. The molecular weight excluding hydrogens is 501 g/mol.